The highest BCUT2D eigenvalue weighted by Crippen LogP contribution is 2.30. The lowest BCUT2D eigenvalue weighted by atomic mass is 10.0. The molecule has 7 heteroatoms. The number of sulfonamides is 1. The Morgan fingerprint density at radius 2 is 1.93 bits per heavy atom. The molecule has 1 amide bonds. The number of anilines is 1. The third kappa shape index (κ3) is 4.82. The van der Waals surface area contributed by atoms with Crippen molar-refractivity contribution < 1.29 is 13.2 Å². The first-order valence-corrected chi connectivity index (χ1v) is 11.7. The molecule has 1 atom stereocenters. The van der Waals surface area contributed by atoms with Crippen LogP contribution >= 0.6 is 11.6 Å². The van der Waals surface area contributed by atoms with Gasteiger partial charge < -0.3 is 5.32 Å². The van der Waals surface area contributed by atoms with Crippen LogP contribution in [0, 0.1) is 5.92 Å². The van der Waals surface area contributed by atoms with Gasteiger partial charge in [0.15, 0.2) is 0 Å². The smallest absolute Gasteiger partial charge is 0.255 e. The zero-order chi connectivity index (χ0) is 21.2. The van der Waals surface area contributed by atoms with Gasteiger partial charge in [-0.25, -0.2) is 8.42 Å². The molecule has 1 unspecified atom stereocenters. The fourth-order valence-electron chi connectivity index (χ4n) is 3.65. The summed E-state index contributed by atoms with van der Waals surface area (Å²) in [4.78, 5) is 12.8. The fraction of sp³-hybridized carbons (Fsp3) is 0.409. The van der Waals surface area contributed by atoms with Gasteiger partial charge in [-0.2, -0.15) is 4.31 Å². The molecule has 0 radical (unpaired) electrons. The van der Waals surface area contributed by atoms with Gasteiger partial charge in [-0.1, -0.05) is 50.6 Å². The maximum atomic E-state index is 13.1. The lowest BCUT2D eigenvalue weighted by Crippen LogP contribution is -2.39. The highest BCUT2D eigenvalue weighted by atomic mass is 35.5. The number of carbonyl (C=O) groups excluding carboxylic acids is 1. The summed E-state index contributed by atoms with van der Waals surface area (Å²) >= 11 is 6.23. The van der Waals surface area contributed by atoms with E-state index in [4.69, 9.17) is 11.6 Å². The van der Waals surface area contributed by atoms with Crippen LogP contribution < -0.4 is 5.32 Å². The Morgan fingerprint density at radius 3 is 2.62 bits per heavy atom. The van der Waals surface area contributed by atoms with E-state index in [1.54, 1.807) is 6.07 Å². The van der Waals surface area contributed by atoms with Gasteiger partial charge in [-0.05, 0) is 54.5 Å². The van der Waals surface area contributed by atoms with E-state index in [-0.39, 0.29) is 27.3 Å². The molecule has 0 saturated carbocycles. The Bertz CT molecular complexity index is 1000. The Morgan fingerprint density at radius 1 is 1.21 bits per heavy atom. The quantitative estimate of drug-likeness (QED) is 0.708. The van der Waals surface area contributed by atoms with Crippen LogP contribution in [-0.4, -0.2) is 31.7 Å². The summed E-state index contributed by atoms with van der Waals surface area (Å²) in [5, 5.41) is 3.03. The van der Waals surface area contributed by atoms with Crippen LogP contribution in [0.3, 0.4) is 0 Å². The minimum absolute atomic E-state index is 0.0157. The van der Waals surface area contributed by atoms with E-state index < -0.39 is 10.0 Å². The van der Waals surface area contributed by atoms with Gasteiger partial charge in [0.1, 0.15) is 4.90 Å². The number of nitrogens with zero attached hydrogens (tertiary/aromatic N) is 1. The summed E-state index contributed by atoms with van der Waals surface area (Å²) in [5.74, 6) is 0.184. The lowest BCUT2D eigenvalue weighted by molar-refractivity contribution is 0.102. The van der Waals surface area contributed by atoms with E-state index in [1.165, 1.54) is 16.4 Å². The fourth-order valence-corrected chi connectivity index (χ4v) is 5.75. The third-order valence-electron chi connectivity index (χ3n) is 5.26. The molecule has 1 fully saturated rings. The van der Waals surface area contributed by atoms with Gasteiger partial charge in [0.2, 0.25) is 10.0 Å². The number of rotatable bonds is 5. The van der Waals surface area contributed by atoms with Crippen LogP contribution in [0.2, 0.25) is 5.02 Å². The SMILES string of the molecule is CC1CCCN(S(=O)(=O)c2cc(C(=O)Nc3ccccc3C(C)C)ccc2Cl)C1. The van der Waals surface area contributed by atoms with Gasteiger partial charge in [0, 0.05) is 24.3 Å². The predicted octanol–water partition coefficient (Wildman–Crippen LogP) is 5.14. The van der Waals surface area contributed by atoms with Gasteiger partial charge in [0.25, 0.3) is 5.91 Å². The molecule has 2 aromatic rings. The molecule has 1 aliphatic rings. The van der Waals surface area contributed by atoms with Crippen molar-refractivity contribution in [3.63, 3.8) is 0 Å². The summed E-state index contributed by atoms with van der Waals surface area (Å²) in [6, 6.07) is 12.0. The second kappa shape index (κ2) is 8.86. The maximum Gasteiger partial charge on any atom is 0.255 e. The number of nitrogens with one attached hydrogen (secondary N) is 1. The van der Waals surface area contributed by atoms with Crippen LogP contribution in [0.1, 0.15) is 55.5 Å². The van der Waals surface area contributed by atoms with Crippen LogP contribution in [0.5, 0.6) is 0 Å². The van der Waals surface area contributed by atoms with E-state index in [9.17, 15) is 13.2 Å². The van der Waals surface area contributed by atoms with Crippen LogP contribution in [0.15, 0.2) is 47.4 Å². The van der Waals surface area contributed by atoms with Crippen LogP contribution in [0.4, 0.5) is 5.69 Å². The summed E-state index contributed by atoms with van der Waals surface area (Å²) in [7, 11) is -3.75. The Kier molecular flexibility index (Phi) is 6.66. The van der Waals surface area contributed by atoms with Crippen molar-refractivity contribution in [2.24, 2.45) is 5.92 Å². The van der Waals surface area contributed by atoms with Gasteiger partial charge in [-0.15, -0.1) is 0 Å². The molecule has 1 N–H and O–H groups in total. The molecule has 1 saturated heterocycles. The molecule has 1 heterocycles. The van der Waals surface area contributed by atoms with Crippen molar-refractivity contribution >= 4 is 33.2 Å². The van der Waals surface area contributed by atoms with Crippen molar-refractivity contribution in [1.29, 1.82) is 0 Å². The van der Waals surface area contributed by atoms with E-state index in [0.29, 0.717) is 19.0 Å². The van der Waals surface area contributed by atoms with E-state index >= 15 is 0 Å². The molecule has 0 bridgehead atoms. The molecule has 5 nitrogen and oxygen atoms in total. The van der Waals surface area contributed by atoms with Gasteiger partial charge in [0.05, 0.1) is 5.02 Å². The van der Waals surface area contributed by atoms with E-state index in [1.807, 2.05) is 31.2 Å². The average molecular weight is 435 g/mol. The van der Waals surface area contributed by atoms with Crippen molar-refractivity contribution in [2.45, 2.75) is 44.4 Å². The molecular weight excluding hydrogens is 408 g/mol. The topological polar surface area (TPSA) is 66.5 Å². The first kappa shape index (κ1) is 21.8. The van der Waals surface area contributed by atoms with Crippen LogP contribution in [0.25, 0.3) is 0 Å². The number of piperidine rings is 1. The van der Waals surface area contributed by atoms with E-state index in [2.05, 4.69) is 19.2 Å². The van der Waals surface area contributed by atoms with E-state index in [0.717, 1.165) is 24.1 Å². The second-order valence-corrected chi connectivity index (χ2v) is 10.3. The number of carbonyl (C=O) groups is 1. The monoisotopic (exact) mass is 434 g/mol. The highest BCUT2D eigenvalue weighted by molar-refractivity contribution is 7.89. The summed E-state index contributed by atoms with van der Waals surface area (Å²) < 4.78 is 27.8. The molecule has 2 aromatic carbocycles. The normalized spacial score (nSPS) is 18.0. The minimum Gasteiger partial charge on any atom is -0.322 e. The molecule has 1 aliphatic heterocycles. The van der Waals surface area contributed by atoms with Gasteiger partial charge >= 0.3 is 0 Å². The Hall–Kier alpha value is -1.89. The number of hydrogen-bond donors (Lipinski definition) is 1. The minimum atomic E-state index is -3.75. The maximum absolute atomic E-state index is 13.1. The molecule has 0 aliphatic carbocycles. The largest absolute Gasteiger partial charge is 0.322 e. The van der Waals surface area contributed by atoms with Crippen molar-refractivity contribution in [2.75, 3.05) is 18.4 Å². The van der Waals surface area contributed by atoms with Crippen LogP contribution in [-0.2, 0) is 10.0 Å². The molecule has 0 aromatic heterocycles. The Labute approximate surface area is 178 Å². The molecular formula is C22H27ClN2O3S. The predicted molar refractivity (Wildman–Crippen MR) is 117 cm³/mol. The zero-order valence-electron chi connectivity index (χ0n) is 17.0. The molecule has 3 rings (SSSR count). The number of para-hydroxylation sites is 1. The molecule has 29 heavy (non-hydrogen) atoms. The zero-order valence-corrected chi connectivity index (χ0v) is 18.6. The molecule has 0 spiro atoms. The summed E-state index contributed by atoms with van der Waals surface area (Å²) in [5.41, 5.74) is 2.00. The second-order valence-electron chi connectivity index (χ2n) is 7.95. The first-order valence-electron chi connectivity index (χ1n) is 9.90. The lowest BCUT2D eigenvalue weighted by Gasteiger charge is -2.30. The number of hydrogen-bond acceptors (Lipinski definition) is 3. The van der Waals surface area contributed by atoms with Gasteiger partial charge in [-0.3, -0.25) is 4.79 Å². The van der Waals surface area contributed by atoms with Crippen molar-refractivity contribution in [3.05, 3.63) is 58.6 Å². The number of benzene rings is 2. The number of amides is 1. The first-order chi connectivity index (χ1) is 13.7. The summed E-state index contributed by atoms with van der Waals surface area (Å²) in [6.45, 7) is 7.09. The molecule has 156 valence electrons. The number of halogens is 1. The Balaban J connectivity index is 1.90. The highest BCUT2D eigenvalue weighted by Gasteiger charge is 2.31. The standard InChI is InChI=1S/C22H27ClN2O3S/c1-15(2)18-8-4-5-9-20(18)24-22(26)17-10-11-19(23)21(13-17)29(27,28)25-12-6-7-16(3)14-25/h4-5,8-11,13,15-16H,6-7,12,14H2,1-3H3,(H,24,26). The third-order valence-corrected chi connectivity index (χ3v) is 7.61. The van der Waals surface area contributed by atoms with Crippen molar-refractivity contribution in [1.82, 2.24) is 4.31 Å². The summed E-state index contributed by atoms with van der Waals surface area (Å²) in [6.07, 6.45) is 1.83. The average Bonchev–Trinajstić information content (AvgIpc) is 2.68. The van der Waals surface area contributed by atoms with Crippen molar-refractivity contribution in [3.8, 4) is 0 Å².